The van der Waals surface area contributed by atoms with E-state index in [1.165, 1.54) is 12.1 Å². The molecule has 1 aromatic carbocycles. The number of hydrogen-bond acceptors (Lipinski definition) is 5. The fourth-order valence-corrected chi connectivity index (χ4v) is 4.24. The van der Waals surface area contributed by atoms with Gasteiger partial charge in [0.05, 0.1) is 36.6 Å². The maximum absolute atomic E-state index is 13.6. The van der Waals surface area contributed by atoms with Gasteiger partial charge in [-0.3, -0.25) is 9.59 Å². The number of amides is 2. The molecule has 0 saturated carbocycles. The first-order valence-electron chi connectivity index (χ1n) is 11.3. The minimum atomic E-state index is -0.406. The van der Waals surface area contributed by atoms with Crippen LogP contribution in [0.1, 0.15) is 75.8 Å². The molecule has 2 amide bonds. The molecule has 4 rings (SSSR count). The third-order valence-corrected chi connectivity index (χ3v) is 6.03. The van der Waals surface area contributed by atoms with Gasteiger partial charge in [0.15, 0.2) is 0 Å². The molecule has 0 saturated heterocycles. The van der Waals surface area contributed by atoms with Crippen LogP contribution in [-0.2, 0) is 17.9 Å². The maximum atomic E-state index is 13.6. The van der Waals surface area contributed by atoms with Crippen molar-refractivity contribution in [3.8, 4) is 0 Å². The number of hydrogen-bond donors (Lipinski definition) is 2. The Morgan fingerprint density at radius 3 is 2.65 bits per heavy atom. The summed E-state index contributed by atoms with van der Waals surface area (Å²) in [4.78, 5) is 34.8. The number of nitrogens with zero attached hydrogens (tertiary/aromatic N) is 3. The third kappa shape index (κ3) is 4.84. The average Bonchev–Trinajstić information content (AvgIpc) is 3.23. The Hall–Kier alpha value is -3.59. The predicted molar refractivity (Wildman–Crippen MR) is 124 cm³/mol. The second kappa shape index (κ2) is 10.1. The van der Waals surface area contributed by atoms with E-state index in [-0.39, 0.29) is 30.3 Å². The van der Waals surface area contributed by atoms with Gasteiger partial charge in [-0.25, -0.2) is 14.4 Å². The van der Waals surface area contributed by atoms with Crippen LogP contribution in [0.2, 0.25) is 0 Å². The Morgan fingerprint density at radius 2 is 1.94 bits per heavy atom. The van der Waals surface area contributed by atoms with Crippen molar-refractivity contribution in [3.63, 3.8) is 0 Å². The quantitative estimate of drug-likeness (QED) is 0.555. The van der Waals surface area contributed by atoms with E-state index in [2.05, 4.69) is 20.6 Å². The van der Waals surface area contributed by atoms with Crippen molar-refractivity contribution in [2.75, 3.05) is 6.61 Å². The zero-order valence-electron chi connectivity index (χ0n) is 19.5. The summed E-state index contributed by atoms with van der Waals surface area (Å²) in [7, 11) is 0. The average molecular weight is 466 g/mol. The fourth-order valence-electron chi connectivity index (χ4n) is 4.24. The Kier molecular flexibility index (Phi) is 7.02. The van der Waals surface area contributed by atoms with Crippen LogP contribution in [0.4, 0.5) is 4.39 Å². The van der Waals surface area contributed by atoms with Gasteiger partial charge in [0, 0.05) is 18.9 Å². The van der Waals surface area contributed by atoms with Gasteiger partial charge in [0.2, 0.25) is 0 Å². The van der Waals surface area contributed by atoms with Crippen molar-refractivity contribution in [1.82, 2.24) is 25.2 Å². The van der Waals surface area contributed by atoms with Crippen molar-refractivity contribution < 1.29 is 18.7 Å². The van der Waals surface area contributed by atoms with Crippen LogP contribution in [-0.4, -0.2) is 33.0 Å². The van der Waals surface area contributed by atoms with Crippen LogP contribution in [0, 0.1) is 12.7 Å². The molecule has 8 nitrogen and oxygen atoms in total. The number of carbonyl (C=O) groups excluding carboxylic acids is 2. The topological polar surface area (TPSA) is 98.1 Å². The molecule has 1 aliphatic rings. The largest absolute Gasteiger partial charge is 0.373 e. The monoisotopic (exact) mass is 465 g/mol. The number of benzene rings is 1. The summed E-state index contributed by atoms with van der Waals surface area (Å²) in [6.45, 7) is 6.74. The van der Waals surface area contributed by atoms with E-state index in [4.69, 9.17) is 4.74 Å². The number of halogens is 1. The van der Waals surface area contributed by atoms with Crippen molar-refractivity contribution in [2.24, 2.45) is 0 Å². The van der Waals surface area contributed by atoms with Gasteiger partial charge in [-0.05, 0) is 55.7 Å². The van der Waals surface area contributed by atoms with Gasteiger partial charge in [0.25, 0.3) is 11.8 Å². The summed E-state index contributed by atoms with van der Waals surface area (Å²) in [5, 5.41) is 5.96. The zero-order chi connectivity index (χ0) is 24.2. The van der Waals surface area contributed by atoms with E-state index in [0.717, 1.165) is 11.1 Å². The van der Waals surface area contributed by atoms with E-state index < -0.39 is 6.04 Å². The van der Waals surface area contributed by atoms with Gasteiger partial charge in [-0.15, -0.1) is 0 Å². The Labute approximate surface area is 197 Å². The molecule has 0 unspecified atom stereocenters. The first kappa shape index (κ1) is 23.6. The highest BCUT2D eigenvalue weighted by Gasteiger charge is 2.28. The lowest BCUT2D eigenvalue weighted by Gasteiger charge is -2.22. The van der Waals surface area contributed by atoms with Crippen LogP contribution in [0.5, 0.6) is 0 Å². The van der Waals surface area contributed by atoms with Gasteiger partial charge in [-0.2, -0.15) is 0 Å². The van der Waals surface area contributed by atoms with E-state index >= 15 is 0 Å². The highest BCUT2D eigenvalue weighted by molar-refractivity contribution is 6.01. The van der Waals surface area contributed by atoms with Crippen molar-refractivity contribution >= 4 is 11.8 Å². The molecular weight excluding hydrogens is 437 g/mol. The fraction of sp³-hybridized carbons (Fsp3) is 0.360. The number of fused-ring (bicyclic) bond motifs is 1. The van der Waals surface area contributed by atoms with E-state index in [1.807, 2.05) is 18.4 Å². The zero-order valence-corrected chi connectivity index (χ0v) is 19.5. The summed E-state index contributed by atoms with van der Waals surface area (Å²) in [5.74, 6) is -0.431. The molecule has 2 atom stereocenters. The predicted octanol–water partition coefficient (Wildman–Crippen LogP) is 3.63. The lowest BCUT2D eigenvalue weighted by molar-refractivity contribution is 0.0773. The molecule has 34 heavy (non-hydrogen) atoms. The molecule has 178 valence electrons. The van der Waals surface area contributed by atoms with E-state index in [9.17, 15) is 14.0 Å². The number of aryl methyl sites for hydroxylation is 1. The van der Waals surface area contributed by atoms with E-state index in [0.29, 0.717) is 42.3 Å². The highest BCUT2D eigenvalue weighted by atomic mass is 19.1. The summed E-state index contributed by atoms with van der Waals surface area (Å²) in [6.07, 6.45) is 3.87. The summed E-state index contributed by atoms with van der Waals surface area (Å²) in [6, 6.07) is 7.18. The Morgan fingerprint density at radius 1 is 1.18 bits per heavy atom. The van der Waals surface area contributed by atoms with Crippen LogP contribution < -0.4 is 10.6 Å². The number of rotatable bonds is 7. The standard InChI is InChI=1S/C25H28FN5O3/c1-4-20(18-7-6-17(26)12-15(18)2)30-25(33)21-13-19(22-14-34-11-10-31(21)22)24(32)29-16(3)23-27-8-5-9-28-23/h5-9,12-13,16,20H,4,10-11,14H2,1-3H3,(H,29,32)(H,30,33)/t16-,20+/m0/s1. The molecule has 3 heterocycles. The molecule has 9 heteroatoms. The minimum Gasteiger partial charge on any atom is -0.373 e. The second-order valence-electron chi connectivity index (χ2n) is 8.33. The molecule has 2 aromatic heterocycles. The van der Waals surface area contributed by atoms with Crippen LogP contribution in [0.25, 0.3) is 0 Å². The maximum Gasteiger partial charge on any atom is 0.268 e. The molecule has 0 spiro atoms. The van der Waals surface area contributed by atoms with Gasteiger partial charge in [0.1, 0.15) is 17.3 Å². The van der Waals surface area contributed by atoms with Gasteiger partial charge < -0.3 is 19.9 Å². The smallest absolute Gasteiger partial charge is 0.268 e. The first-order chi connectivity index (χ1) is 16.4. The molecular formula is C25H28FN5O3. The molecule has 0 aliphatic carbocycles. The summed E-state index contributed by atoms with van der Waals surface area (Å²) >= 11 is 0. The number of ether oxygens (including phenoxy) is 1. The van der Waals surface area contributed by atoms with Gasteiger partial charge >= 0.3 is 0 Å². The SMILES string of the molecule is CC[C@@H](NC(=O)c1cc(C(=O)N[C@@H](C)c2ncccn2)c2n1CCOC2)c1ccc(F)cc1C. The summed E-state index contributed by atoms with van der Waals surface area (Å²) in [5.41, 5.74) is 3.07. The van der Waals surface area contributed by atoms with Gasteiger partial charge in [-0.1, -0.05) is 13.0 Å². The molecule has 3 aromatic rings. The van der Waals surface area contributed by atoms with Crippen LogP contribution >= 0.6 is 0 Å². The number of carbonyl (C=O) groups is 2. The van der Waals surface area contributed by atoms with Crippen molar-refractivity contribution in [3.05, 3.63) is 82.4 Å². The lowest BCUT2D eigenvalue weighted by atomic mass is 9.99. The molecule has 1 aliphatic heterocycles. The second-order valence-corrected chi connectivity index (χ2v) is 8.33. The van der Waals surface area contributed by atoms with Crippen molar-refractivity contribution in [1.29, 1.82) is 0 Å². The van der Waals surface area contributed by atoms with Crippen molar-refractivity contribution in [2.45, 2.75) is 52.4 Å². The summed E-state index contributed by atoms with van der Waals surface area (Å²) < 4.78 is 21.0. The van der Waals surface area contributed by atoms with Crippen LogP contribution in [0.3, 0.4) is 0 Å². The lowest BCUT2D eigenvalue weighted by Crippen LogP contribution is -2.32. The van der Waals surface area contributed by atoms with E-state index in [1.54, 1.807) is 37.5 Å². The highest BCUT2D eigenvalue weighted by Crippen LogP contribution is 2.25. The molecule has 0 radical (unpaired) electrons. The van der Waals surface area contributed by atoms with Crippen LogP contribution in [0.15, 0.2) is 42.7 Å². The first-order valence-corrected chi connectivity index (χ1v) is 11.3. The number of nitrogens with one attached hydrogen (secondary N) is 2. The molecule has 0 bridgehead atoms. The number of aromatic nitrogens is 3. The Balaban J connectivity index is 1.58. The molecule has 0 fully saturated rings. The Bertz CT molecular complexity index is 1190. The molecule has 2 N–H and O–H groups in total. The normalized spacial score (nSPS) is 14.7. The minimum absolute atomic E-state index is 0.237. The third-order valence-electron chi connectivity index (χ3n) is 6.03.